The average molecular weight is 315 g/mol. The summed E-state index contributed by atoms with van der Waals surface area (Å²) in [5.74, 6) is 0.713. The summed E-state index contributed by atoms with van der Waals surface area (Å²) in [6, 6.07) is 6.12. The lowest BCUT2D eigenvalue weighted by Gasteiger charge is -2.21. The van der Waals surface area contributed by atoms with Crippen LogP contribution >= 0.6 is 0 Å². The van der Waals surface area contributed by atoms with Crippen molar-refractivity contribution < 1.29 is 9.90 Å². The van der Waals surface area contributed by atoms with Crippen molar-refractivity contribution in [3.63, 3.8) is 0 Å². The Balaban J connectivity index is 1.67. The van der Waals surface area contributed by atoms with Crippen molar-refractivity contribution in [2.45, 2.75) is 39.2 Å². The minimum Gasteiger partial charge on any atom is -0.396 e. The van der Waals surface area contributed by atoms with Gasteiger partial charge in [0.1, 0.15) is 6.54 Å². The molecule has 0 spiro atoms. The molecule has 0 radical (unpaired) electrons. The van der Waals surface area contributed by atoms with Crippen molar-refractivity contribution in [1.82, 2.24) is 14.5 Å². The molecule has 5 nitrogen and oxygen atoms in total. The van der Waals surface area contributed by atoms with Crippen LogP contribution < -0.4 is 0 Å². The molecule has 3 rings (SSSR count). The predicted molar refractivity (Wildman–Crippen MR) is 90.1 cm³/mol. The Bertz CT molecular complexity index is 680. The zero-order valence-electron chi connectivity index (χ0n) is 13.7. The number of nitrogens with zero attached hydrogens (tertiary/aromatic N) is 3. The number of amides is 1. The van der Waals surface area contributed by atoms with Gasteiger partial charge in [-0.05, 0) is 56.2 Å². The Morgan fingerprint density at radius 1 is 1.35 bits per heavy atom. The number of aliphatic hydroxyl groups is 1. The molecule has 23 heavy (non-hydrogen) atoms. The SMILES string of the molecule is Cc1ccc2ncn(CC(=O)N3CCCC(CCO)CC3)c2c1. The molecule has 0 saturated carbocycles. The lowest BCUT2D eigenvalue weighted by molar-refractivity contribution is -0.131. The number of carbonyl (C=O) groups excluding carboxylic acids is 1. The smallest absolute Gasteiger partial charge is 0.242 e. The van der Waals surface area contributed by atoms with Crippen molar-refractivity contribution >= 4 is 16.9 Å². The maximum atomic E-state index is 12.6. The summed E-state index contributed by atoms with van der Waals surface area (Å²) in [5, 5.41) is 9.09. The summed E-state index contributed by atoms with van der Waals surface area (Å²) >= 11 is 0. The molecule has 2 aromatic rings. The largest absolute Gasteiger partial charge is 0.396 e. The minimum atomic E-state index is 0.162. The molecular weight excluding hydrogens is 290 g/mol. The van der Waals surface area contributed by atoms with E-state index in [1.807, 2.05) is 21.6 Å². The molecule has 2 heterocycles. The third-order valence-electron chi connectivity index (χ3n) is 4.82. The molecule has 5 heteroatoms. The molecule has 1 fully saturated rings. The van der Waals surface area contributed by atoms with Crippen molar-refractivity contribution in [2.75, 3.05) is 19.7 Å². The second-order valence-corrected chi connectivity index (χ2v) is 6.55. The first-order valence-corrected chi connectivity index (χ1v) is 8.47. The summed E-state index contributed by atoms with van der Waals surface area (Å²) in [4.78, 5) is 19.0. The van der Waals surface area contributed by atoms with E-state index < -0.39 is 0 Å². The van der Waals surface area contributed by atoms with Crippen LogP contribution in [0.15, 0.2) is 24.5 Å². The highest BCUT2D eigenvalue weighted by molar-refractivity contribution is 5.81. The topological polar surface area (TPSA) is 58.4 Å². The van der Waals surface area contributed by atoms with Crippen molar-refractivity contribution in [2.24, 2.45) is 5.92 Å². The summed E-state index contributed by atoms with van der Waals surface area (Å²) in [5.41, 5.74) is 3.13. The number of imidazole rings is 1. The van der Waals surface area contributed by atoms with Gasteiger partial charge < -0.3 is 14.6 Å². The van der Waals surface area contributed by atoms with E-state index in [2.05, 4.69) is 18.0 Å². The number of aromatic nitrogens is 2. The normalized spacial score (nSPS) is 19.0. The maximum absolute atomic E-state index is 12.6. The van der Waals surface area contributed by atoms with Gasteiger partial charge in [0, 0.05) is 19.7 Å². The highest BCUT2D eigenvalue weighted by atomic mass is 16.3. The molecule has 0 bridgehead atoms. The van der Waals surface area contributed by atoms with Gasteiger partial charge in [0.25, 0.3) is 0 Å². The van der Waals surface area contributed by atoms with Gasteiger partial charge in [0.15, 0.2) is 0 Å². The van der Waals surface area contributed by atoms with Crippen molar-refractivity contribution in [3.05, 3.63) is 30.1 Å². The first kappa shape index (κ1) is 16.0. The van der Waals surface area contributed by atoms with Crippen LogP contribution in [0.1, 0.15) is 31.2 Å². The summed E-state index contributed by atoms with van der Waals surface area (Å²) in [7, 11) is 0. The Labute approximate surface area is 136 Å². The lowest BCUT2D eigenvalue weighted by Crippen LogP contribution is -2.34. The molecule has 1 amide bonds. The third-order valence-corrected chi connectivity index (χ3v) is 4.82. The van der Waals surface area contributed by atoms with E-state index in [1.54, 1.807) is 6.33 Å². The highest BCUT2D eigenvalue weighted by Crippen LogP contribution is 2.21. The summed E-state index contributed by atoms with van der Waals surface area (Å²) in [6.07, 6.45) is 5.75. The van der Waals surface area contributed by atoms with Gasteiger partial charge in [0.05, 0.1) is 17.4 Å². The van der Waals surface area contributed by atoms with Gasteiger partial charge in [-0.2, -0.15) is 0 Å². The highest BCUT2D eigenvalue weighted by Gasteiger charge is 2.21. The number of hydrogen-bond acceptors (Lipinski definition) is 3. The van der Waals surface area contributed by atoms with Gasteiger partial charge in [-0.1, -0.05) is 6.07 Å². The number of carbonyl (C=O) groups is 1. The Kier molecular flexibility index (Phi) is 4.96. The Morgan fingerprint density at radius 2 is 2.22 bits per heavy atom. The molecule has 124 valence electrons. The Hall–Kier alpha value is -1.88. The fraction of sp³-hybridized carbons (Fsp3) is 0.556. The van der Waals surface area contributed by atoms with Crippen molar-refractivity contribution in [3.8, 4) is 0 Å². The van der Waals surface area contributed by atoms with Crippen LogP contribution in [0.4, 0.5) is 0 Å². The van der Waals surface area contributed by atoms with Gasteiger partial charge in [-0.15, -0.1) is 0 Å². The number of fused-ring (bicyclic) bond motifs is 1. The van der Waals surface area contributed by atoms with E-state index in [1.165, 1.54) is 5.56 Å². The van der Waals surface area contributed by atoms with Crippen LogP contribution in [-0.2, 0) is 11.3 Å². The lowest BCUT2D eigenvalue weighted by atomic mass is 9.98. The van der Waals surface area contributed by atoms with Gasteiger partial charge in [-0.3, -0.25) is 4.79 Å². The summed E-state index contributed by atoms with van der Waals surface area (Å²) < 4.78 is 1.95. The molecule has 1 aliphatic rings. The Morgan fingerprint density at radius 3 is 3.04 bits per heavy atom. The molecular formula is C18H25N3O2. The second-order valence-electron chi connectivity index (χ2n) is 6.55. The molecule has 0 aliphatic carbocycles. The van der Waals surface area contributed by atoms with E-state index in [9.17, 15) is 4.79 Å². The molecule has 1 atom stereocenters. The molecule has 1 unspecified atom stereocenters. The zero-order chi connectivity index (χ0) is 16.2. The first-order chi connectivity index (χ1) is 11.2. The van der Waals surface area contributed by atoms with E-state index in [-0.39, 0.29) is 12.5 Å². The molecule has 1 aromatic carbocycles. The van der Waals surface area contributed by atoms with Crippen LogP contribution in [-0.4, -0.2) is 45.2 Å². The second kappa shape index (κ2) is 7.13. The van der Waals surface area contributed by atoms with Crippen LogP contribution in [0.2, 0.25) is 0 Å². The standard InChI is InChI=1S/C18H25N3O2/c1-14-4-5-16-17(11-14)21(13-19-16)12-18(23)20-8-2-3-15(6-9-20)7-10-22/h4-5,11,13,15,22H,2-3,6-10,12H2,1H3. The van der Waals surface area contributed by atoms with Crippen LogP contribution in [0.5, 0.6) is 0 Å². The third kappa shape index (κ3) is 3.72. The number of benzene rings is 1. The zero-order valence-corrected chi connectivity index (χ0v) is 13.7. The van der Waals surface area contributed by atoms with E-state index in [0.29, 0.717) is 12.5 Å². The number of rotatable bonds is 4. The fourth-order valence-electron chi connectivity index (χ4n) is 3.42. The first-order valence-electron chi connectivity index (χ1n) is 8.47. The van der Waals surface area contributed by atoms with E-state index in [4.69, 9.17) is 5.11 Å². The van der Waals surface area contributed by atoms with Gasteiger partial charge >= 0.3 is 0 Å². The monoisotopic (exact) mass is 315 g/mol. The van der Waals surface area contributed by atoms with Crippen molar-refractivity contribution in [1.29, 1.82) is 0 Å². The number of aryl methyl sites for hydroxylation is 1. The number of aliphatic hydroxyl groups excluding tert-OH is 1. The van der Waals surface area contributed by atoms with Crippen LogP contribution in [0.3, 0.4) is 0 Å². The summed E-state index contributed by atoms with van der Waals surface area (Å²) in [6.45, 7) is 4.28. The van der Waals surface area contributed by atoms with Gasteiger partial charge in [-0.25, -0.2) is 4.98 Å². The molecule has 1 aliphatic heterocycles. The van der Waals surface area contributed by atoms with Gasteiger partial charge in [0.2, 0.25) is 5.91 Å². The van der Waals surface area contributed by atoms with E-state index in [0.717, 1.165) is 49.8 Å². The predicted octanol–water partition coefficient (Wildman–Crippen LogP) is 2.36. The van der Waals surface area contributed by atoms with Crippen LogP contribution in [0.25, 0.3) is 11.0 Å². The van der Waals surface area contributed by atoms with Crippen LogP contribution in [0, 0.1) is 12.8 Å². The van der Waals surface area contributed by atoms with E-state index >= 15 is 0 Å². The minimum absolute atomic E-state index is 0.162. The molecule has 1 aromatic heterocycles. The molecule has 1 N–H and O–H groups in total. The maximum Gasteiger partial charge on any atom is 0.242 e. The molecule has 1 saturated heterocycles. The average Bonchev–Trinajstić information content (AvgIpc) is 2.77. The number of hydrogen-bond donors (Lipinski definition) is 1. The fourth-order valence-corrected chi connectivity index (χ4v) is 3.42. The number of likely N-dealkylation sites (tertiary alicyclic amines) is 1. The quantitative estimate of drug-likeness (QED) is 0.942.